The molecule has 82 valence electrons. The van der Waals surface area contributed by atoms with Crippen molar-refractivity contribution < 1.29 is 19.1 Å². The molecule has 0 aliphatic heterocycles. The summed E-state index contributed by atoms with van der Waals surface area (Å²) in [6.45, 7) is 1.56. The average molecular weight is 213 g/mol. The zero-order valence-electron chi connectivity index (χ0n) is 8.08. The number of oxazole rings is 1. The first kappa shape index (κ1) is 11.0. The van der Waals surface area contributed by atoms with E-state index in [0.29, 0.717) is 0 Å². The standard InChI is InChI=1S/C8H11N3O4/c1-5(2-7(12)13)11(8(9)14)6-3-10-4-15-6/h3-5H,2H2,1H3,(H2,9,14)(H,12,13). The van der Waals surface area contributed by atoms with Crippen molar-refractivity contribution in [3.8, 4) is 0 Å². The van der Waals surface area contributed by atoms with Crippen molar-refractivity contribution in [3.63, 3.8) is 0 Å². The summed E-state index contributed by atoms with van der Waals surface area (Å²) in [5, 5.41) is 8.59. The summed E-state index contributed by atoms with van der Waals surface area (Å²) in [6, 6.07) is -1.37. The Labute approximate surface area is 85.5 Å². The molecule has 2 amide bonds. The first-order valence-corrected chi connectivity index (χ1v) is 4.21. The van der Waals surface area contributed by atoms with E-state index in [1.807, 2.05) is 0 Å². The highest BCUT2D eigenvalue weighted by Gasteiger charge is 2.24. The summed E-state index contributed by atoms with van der Waals surface area (Å²) < 4.78 is 4.88. The molecule has 0 fully saturated rings. The van der Waals surface area contributed by atoms with Crippen molar-refractivity contribution in [2.24, 2.45) is 5.73 Å². The van der Waals surface area contributed by atoms with Crippen LogP contribution in [0.15, 0.2) is 17.0 Å². The van der Waals surface area contributed by atoms with E-state index >= 15 is 0 Å². The number of rotatable bonds is 4. The summed E-state index contributed by atoms with van der Waals surface area (Å²) in [6.07, 6.45) is 2.21. The first-order valence-electron chi connectivity index (χ1n) is 4.21. The molecule has 3 N–H and O–H groups in total. The van der Waals surface area contributed by atoms with Crippen molar-refractivity contribution in [1.82, 2.24) is 4.98 Å². The van der Waals surface area contributed by atoms with E-state index in [9.17, 15) is 9.59 Å². The van der Waals surface area contributed by atoms with Crippen LogP contribution in [0.5, 0.6) is 0 Å². The van der Waals surface area contributed by atoms with Gasteiger partial charge in [-0.3, -0.25) is 9.69 Å². The molecule has 1 heterocycles. The minimum Gasteiger partial charge on any atom is -0.481 e. The molecule has 0 bridgehead atoms. The summed E-state index contributed by atoms with van der Waals surface area (Å²) in [7, 11) is 0. The molecule has 0 radical (unpaired) electrons. The Balaban J connectivity index is 2.84. The number of nitrogens with two attached hydrogens (primary N) is 1. The van der Waals surface area contributed by atoms with Gasteiger partial charge in [0, 0.05) is 6.04 Å². The summed E-state index contributed by atoms with van der Waals surface area (Å²) in [5.41, 5.74) is 5.11. The van der Waals surface area contributed by atoms with E-state index in [0.717, 1.165) is 11.3 Å². The second-order valence-corrected chi connectivity index (χ2v) is 2.99. The van der Waals surface area contributed by atoms with Crippen LogP contribution >= 0.6 is 0 Å². The zero-order valence-corrected chi connectivity index (χ0v) is 8.08. The molecular weight excluding hydrogens is 202 g/mol. The van der Waals surface area contributed by atoms with E-state index in [-0.39, 0.29) is 12.3 Å². The van der Waals surface area contributed by atoms with Gasteiger partial charge in [-0.2, -0.15) is 0 Å². The number of carboxylic acids is 1. The third kappa shape index (κ3) is 2.70. The Hall–Kier alpha value is -2.05. The number of hydrogen-bond acceptors (Lipinski definition) is 4. The SMILES string of the molecule is CC(CC(=O)O)N(C(N)=O)c1cnco1. The second kappa shape index (κ2) is 4.45. The number of carbonyl (C=O) groups excluding carboxylic acids is 1. The number of aliphatic carboxylic acids is 1. The lowest BCUT2D eigenvalue weighted by molar-refractivity contribution is -0.137. The van der Waals surface area contributed by atoms with Crippen LogP contribution in [-0.4, -0.2) is 28.1 Å². The van der Waals surface area contributed by atoms with Gasteiger partial charge in [-0.25, -0.2) is 9.78 Å². The van der Waals surface area contributed by atoms with Gasteiger partial charge in [-0.1, -0.05) is 0 Å². The Morgan fingerprint density at radius 2 is 2.40 bits per heavy atom. The lowest BCUT2D eigenvalue weighted by Gasteiger charge is -2.22. The lowest BCUT2D eigenvalue weighted by atomic mass is 10.2. The first-order chi connectivity index (χ1) is 7.02. The highest BCUT2D eigenvalue weighted by Crippen LogP contribution is 2.17. The normalized spacial score (nSPS) is 12.1. The van der Waals surface area contributed by atoms with E-state index in [1.165, 1.54) is 6.20 Å². The van der Waals surface area contributed by atoms with Crippen LogP contribution in [0.4, 0.5) is 10.7 Å². The maximum absolute atomic E-state index is 11.1. The molecule has 0 saturated carbocycles. The van der Waals surface area contributed by atoms with E-state index in [2.05, 4.69) is 4.98 Å². The van der Waals surface area contributed by atoms with Gasteiger partial charge >= 0.3 is 12.0 Å². The molecule has 1 rings (SSSR count). The fraction of sp³-hybridized carbons (Fsp3) is 0.375. The lowest BCUT2D eigenvalue weighted by Crippen LogP contribution is -2.43. The number of anilines is 1. The summed E-state index contributed by atoms with van der Waals surface area (Å²) in [5.74, 6) is -0.885. The van der Waals surface area contributed by atoms with Crippen LogP contribution in [0.3, 0.4) is 0 Å². The van der Waals surface area contributed by atoms with E-state index in [1.54, 1.807) is 6.92 Å². The highest BCUT2D eigenvalue weighted by atomic mass is 16.4. The number of urea groups is 1. The van der Waals surface area contributed by atoms with Crippen molar-refractivity contribution in [3.05, 3.63) is 12.6 Å². The number of carboxylic acid groups (broad SMARTS) is 1. The van der Waals surface area contributed by atoms with E-state index < -0.39 is 18.0 Å². The average Bonchev–Trinajstić information content (AvgIpc) is 2.54. The molecule has 1 aromatic rings. The van der Waals surface area contributed by atoms with Gasteiger partial charge in [0.05, 0.1) is 12.6 Å². The number of hydrogen-bond donors (Lipinski definition) is 2. The van der Waals surface area contributed by atoms with Gasteiger partial charge in [0.1, 0.15) is 0 Å². The third-order valence-electron chi connectivity index (χ3n) is 1.80. The maximum atomic E-state index is 11.1. The molecule has 0 aromatic carbocycles. The fourth-order valence-corrected chi connectivity index (χ4v) is 1.22. The highest BCUT2D eigenvalue weighted by molar-refractivity contribution is 5.90. The van der Waals surface area contributed by atoms with Gasteiger partial charge in [0.2, 0.25) is 5.88 Å². The number of amides is 2. The van der Waals surface area contributed by atoms with Crippen LogP contribution in [0.1, 0.15) is 13.3 Å². The van der Waals surface area contributed by atoms with E-state index in [4.69, 9.17) is 15.3 Å². The molecule has 7 nitrogen and oxygen atoms in total. The molecule has 15 heavy (non-hydrogen) atoms. The van der Waals surface area contributed by atoms with Crippen LogP contribution in [0.2, 0.25) is 0 Å². The van der Waals surface area contributed by atoms with Gasteiger partial charge in [-0.05, 0) is 6.92 Å². The number of carbonyl (C=O) groups is 2. The van der Waals surface area contributed by atoms with Crippen molar-refractivity contribution >= 4 is 17.9 Å². The van der Waals surface area contributed by atoms with Crippen molar-refractivity contribution in [1.29, 1.82) is 0 Å². The maximum Gasteiger partial charge on any atom is 0.321 e. The number of primary amides is 1. The molecule has 1 atom stereocenters. The molecular formula is C8H11N3O4. The topological polar surface area (TPSA) is 110 Å². The molecule has 0 spiro atoms. The van der Waals surface area contributed by atoms with Gasteiger partial charge in [0.25, 0.3) is 0 Å². The third-order valence-corrected chi connectivity index (χ3v) is 1.80. The largest absolute Gasteiger partial charge is 0.481 e. The smallest absolute Gasteiger partial charge is 0.321 e. The van der Waals surface area contributed by atoms with Gasteiger partial charge in [-0.15, -0.1) is 0 Å². The minimum absolute atomic E-state index is 0.135. The molecule has 0 aliphatic carbocycles. The van der Waals surface area contributed by atoms with Crippen LogP contribution in [0.25, 0.3) is 0 Å². The summed E-state index contributed by atoms with van der Waals surface area (Å²) >= 11 is 0. The van der Waals surface area contributed by atoms with Crippen LogP contribution < -0.4 is 10.6 Å². The van der Waals surface area contributed by atoms with Crippen LogP contribution in [-0.2, 0) is 4.79 Å². The van der Waals surface area contributed by atoms with Gasteiger partial charge < -0.3 is 15.3 Å². The zero-order chi connectivity index (χ0) is 11.4. The molecule has 1 unspecified atom stereocenters. The van der Waals surface area contributed by atoms with Crippen LogP contribution in [0, 0.1) is 0 Å². The Bertz CT molecular complexity index is 349. The predicted molar refractivity (Wildman–Crippen MR) is 50.3 cm³/mol. The number of aromatic nitrogens is 1. The van der Waals surface area contributed by atoms with Crippen molar-refractivity contribution in [2.45, 2.75) is 19.4 Å². The molecule has 7 heteroatoms. The monoisotopic (exact) mass is 213 g/mol. The number of nitrogens with zero attached hydrogens (tertiary/aromatic N) is 2. The second-order valence-electron chi connectivity index (χ2n) is 2.99. The molecule has 0 saturated heterocycles. The molecule has 0 aliphatic rings. The predicted octanol–water partition coefficient (Wildman–Crippen LogP) is 0.423. The minimum atomic E-state index is -1.02. The summed E-state index contributed by atoms with van der Waals surface area (Å²) in [4.78, 5) is 26.2. The fourth-order valence-electron chi connectivity index (χ4n) is 1.22. The Morgan fingerprint density at radius 3 is 2.80 bits per heavy atom. The van der Waals surface area contributed by atoms with Gasteiger partial charge in [0.15, 0.2) is 6.39 Å². The molecule has 1 aromatic heterocycles. The van der Waals surface area contributed by atoms with Crippen molar-refractivity contribution in [2.75, 3.05) is 4.90 Å². The Kier molecular flexibility index (Phi) is 3.27. The Morgan fingerprint density at radius 1 is 1.73 bits per heavy atom. The quantitative estimate of drug-likeness (QED) is 0.753.